The molecule has 2 fully saturated rings. The fourth-order valence-electron chi connectivity index (χ4n) is 6.96. The Morgan fingerprint density at radius 1 is 0.783 bits per heavy atom. The van der Waals surface area contributed by atoms with E-state index in [4.69, 9.17) is 24.5 Å². The van der Waals surface area contributed by atoms with Crippen molar-refractivity contribution in [3.8, 4) is 22.4 Å². The van der Waals surface area contributed by atoms with E-state index < -0.39 is 16.1 Å². The molecule has 1 aromatic carbocycles. The van der Waals surface area contributed by atoms with Crippen LogP contribution >= 0.6 is 0 Å². The van der Waals surface area contributed by atoms with Gasteiger partial charge in [-0.3, -0.25) is 4.98 Å². The van der Waals surface area contributed by atoms with E-state index in [0.29, 0.717) is 19.4 Å². The van der Waals surface area contributed by atoms with Gasteiger partial charge in [0.05, 0.1) is 11.9 Å². The summed E-state index contributed by atoms with van der Waals surface area (Å²) in [5, 5.41) is 4.95. The Balaban J connectivity index is 1.35. The third-order valence-corrected chi connectivity index (χ3v) is 13.1. The molecular weight excluding hydrogens is 603 g/mol. The molecule has 0 amide bonds. The average molecular weight is 656 g/mol. The van der Waals surface area contributed by atoms with Crippen molar-refractivity contribution < 1.29 is 9.47 Å². The first-order valence-electron chi connectivity index (χ1n) is 17.3. The SMILES string of the molecule is C[Si](C)(C)CCOCN(COCC[Si](C)(C)C)c1cc([C@H]2C[C@@H]3CC[C@@H](C3)C2)nc2c(-c3ccc(-c4ccccc4)nc3)cnn12. The third kappa shape index (κ3) is 8.34. The van der Waals surface area contributed by atoms with E-state index in [-0.39, 0.29) is 0 Å². The van der Waals surface area contributed by atoms with Gasteiger partial charge in [-0.2, -0.15) is 9.61 Å². The molecule has 7 nitrogen and oxygen atoms in total. The molecule has 2 bridgehead atoms. The van der Waals surface area contributed by atoms with Crippen molar-refractivity contribution in [3.63, 3.8) is 0 Å². The summed E-state index contributed by atoms with van der Waals surface area (Å²) in [5.41, 5.74) is 6.18. The lowest BCUT2D eigenvalue weighted by Crippen LogP contribution is -2.33. The minimum absolute atomic E-state index is 0.467. The molecule has 0 saturated heterocycles. The number of hydrogen-bond acceptors (Lipinski definition) is 6. The molecule has 3 aromatic heterocycles. The maximum atomic E-state index is 6.37. The number of ether oxygens (including phenoxy) is 2. The highest BCUT2D eigenvalue weighted by Crippen LogP contribution is 2.48. The summed E-state index contributed by atoms with van der Waals surface area (Å²) < 4.78 is 14.7. The highest BCUT2D eigenvalue weighted by Gasteiger charge is 2.36. The van der Waals surface area contributed by atoms with E-state index in [1.54, 1.807) is 0 Å². The number of rotatable bonds is 14. The lowest BCUT2D eigenvalue weighted by atomic mass is 9.79. The van der Waals surface area contributed by atoms with Crippen LogP contribution in [-0.4, -0.2) is 62.4 Å². The number of pyridine rings is 1. The van der Waals surface area contributed by atoms with Crippen molar-refractivity contribution in [3.05, 3.63) is 66.6 Å². The van der Waals surface area contributed by atoms with Gasteiger partial charge in [-0.05, 0) is 49.3 Å². The molecule has 6 rings (SSSR count). The van der Waals surface area contributed by atoms with E-state index >= 15 is 0 Å². The number of nitrogens with zero attached hydrogens (tertiary/aromatic N) is 5. The highest BCUT2D eigenvalue weighted by atomic mass is 28.3. The first kappa shape index (κ1) is 33.1. The van der Waals surface area contributed by atoms with Crippen molar-refractivity contribution in [2.75, 3.05) is 31.6 Å². The molecule has 3 heterocycles. The minimum atomic E-state index is -1.21. The summed E-state index contributed by atoms with van der Waals surface area (Å²) in [5.74, 6) is 3.13. The van der Waals surface area contributed by atoms with Gasteiger partial charge in [0, 0.05) is 69.9 Å². The first-order chi connectivity index (χ1) is 22.0. The Morgan fingerprint density at radius 3 is 2.02 bits per heavy atom. The quantitative estimate of drug-likeness (QED) is 0.0767. The molecule has 2 saturated carbocycles. The predicted molar refractivity (Wildman–Crippen MR) is 195 cm³/mol. The summed E-state index contributed by atoms with van der Waals surface area (Å²) in [7, 11) is -2.41. The molecule has 0 spiro atoms. The van der Waals surface area contributed by atoms with E-state index in [2.05, 4.69) is 86.6 Å². The summed E-state index contributed by atoms with van der Waals surface area (Å²) in [4.78, 5) is 12.5. The van der Waals surface area contributed by atoms with Crippen molar-refractivity contribution in [1.82, 2.24) is 19.6 Å². The zero-order valence-corrected chi connectivity index (χ0v) is 30.8. The van der Waals surface area contributed by atoms with Crippen molar-refractivity contribution in [2.45, 2.75) is 89.4 Å². The first-order valence-corrected chi connectivity index (χ1v) is 24.7. The molecule has 4 aromatic rings. The van der Waals surface area contributed by atoms with Gasteiger partial charge in [0.25, 0.3) is 0 Å². The van der Waals surface area contributed by atoms with Crippen LogP contribution in [0.1, 0.15) is 43.7 Å². The second-order valence-corrected chi connectivity index (χ2v) is 27.3. The largest absolute Gasteiger partial charge is 0.361 e. The van der Waals surface area contributed by atoms with Crippen LogP contribution in [0, 0.1) is 11.8 Å². The maximum Gasteiger partial charge on any atom is 0.165 e. The van der Waals surface area contributed by atoms with Crippen LogP contribution in [0.2, 0.25) is 51.4 Å². The molecule has 3 atom stereocenters. The summed E-state index contributed by atoms with van der Waals surface area (Å²) in [6.45, 7) is 16.9. The summed E-state index contributed by atoms with van der Waals surface area (Å²) in [6, 6.07) is 19.1. The molecular formula is C37H53N5O2Si2. The Bertz CT molecular complexity index is 1550. The second kappa shape index (κ2) is 14.1. The lowest BCUT2D eigenvalue weighted by Gasteiger charge is -2.30. The lowest BCUT2D eigenvalue weighted by molar-refractivity contribution is 0.0942. The van der Waals surface area contributed by atoms with Crippen LogP contribution in [-0.2, 0) is 9.47 Å². The van der Waals surface area contributed by atoms with Gasteiger partial charge in [0.2, 0.25) is 0 Å². The Kier molecular flexibility index (Phi) is 10.1. The molecule has 2 aliphatic rings. The molecule has 0 N–H and O–H groups in total. The van der Waals surface area contributed by atoms with Gasteiger partial charge < -0.3 is 14.4 Å². The molecule has 0 aliphatic heterocycles. The van der Waals surface area contributed by atoms with Gasteiger partial charge in [-0.25, -0.2) is 4.98 Å². The third-order valence-electron chi connectivity index (χ3n) is 9.73. The monoisotopic (exact) mass is 655 g/mol. The number of benzene rings is 1. The van der Waals surface area contributed by atoms with Gasteiger partial charge in [0.1, 0.15) is 19.3 Å². The topological polar surface area (TPSA) is 64.8 Å². The summed E-state index contributed by atoms with van der Waals surface area (Å²) >= 11 is 0. The maximum absolute atomic E-state index is 6.37. The van der Waals surface area contributed by atoms with E-state index in [1.165, 1.54) is 37.8 Å². The normalized spacial score (nSPS) is 20.0. The van der Waals surface area contributed by atoms with Gasteiger partial charge in [-0.1, -0.05) is 88.5 Å². The number of anilines is 1. The summed E-state index contributed by atoms with van der Waals surface area (Å²) in [6.07, 6.45) is 10.5. The molecule has 0 unspecified atom stereocenters. The Labute approximate surface area is 277 Å². The molecule has 9 heteroatoms. The Morgan fingerprint density at radius 2 is 1.43 bits per heavy atom. The Hall–Kier alpha value is -2.86. The molecule has 46 heavy (non-hydrogen) atoms. The standard InChI is InChI=1S/C37H53N5O2Si2/c1-45(2,3)18-16-43-26-41(27-44-17-19-46(4,5)6)36-23-35(32-21-28-12-13-29(20-28)22-32)40-37-33(25-39-42(36)37)31-14-15-34(38-24-31)30-10-8-7-9-11-30/h7-11,14-15,23-25,28-29,32H,12-13,16-22,26-27H2,1-6H3/t28-,29+,32+. The number of aromatic nitrogens is 4. The van der Waals surface area contributed by atoms with Crippen molar-refractivity contribution >= 4 is 27.6 Å². The number of hydrogen-bond donors (Lipinski definition) is 0. The smallest absolute Gasteiger partial charge is 0.165 e. The average Bonchev–Trinajstić information content (AvgIpc) is 3.61. The van der Waals surface area contributed by atoms with Crippen LogP contribution in [0.5, 0.6) is 0 Å². The van der Waals surface area contributed by atoms with Crippen LogP contribution in [0.15, 0.2) is 60.9 Å². The fourth-order valence-corrected chi connectivity index (χ4v) is 8.47. The van der Waals surface area contributed by atoms with Crippen molar-refractivity contribution in [1.29, 1.82) is 0 Å². The fraction of sp³-hybridized carbons (Fsp3) is 0.541. The van der Waals surface area contributed by atoms with Gasteiger partial charge >= 0.3 is 0 Å². The molecule has 246 valence electrons. The molecule has 0 radical (unpaired) electrons. The highest BCUT2D eigenvalue weighted by molar-refractivity contribution is 6.76. The molecule has 2 aliphatic carbocycles. The van der Waals surface area contributed by atoms with E-state index in [0.717, 1.165) is 71.0 Å². The predicted octanol–water partition coefficient (Wildman–Crippen LogP) is 9.18. The number of fused-ring (bicyclic) bond motifs is 3. The van der Waals surface area contributed by atoms with Crippen molar-refractivity contribution in [2.24, 2.45) is 11.8 Å². The van der Waals surface area contributed by atoms with Crippen LogP contribution in [0.25, 0.3) is 28.0 Å². The zero-order chi connectivity index (χ0) is 32.3. The van der Waals surface area contributed by atoms with Crippen LogP contribution < -0.4 is 4.90 Å². The van der Waals surface area contributed by atoms with E-state index in [1.807, 2.05) is 23.0 Å². The zero-order valence-electron chi connectivity index (χ0n) is 28.8. The van der Waals surface area contributed by atoms with Crippen LogP contribution in [0.4, 0.5) is 5.82 Å². The van der Waals surface area contributed by atoms with Gasteiger partial charge in [-0.15, -0.1) is 0 Å². The van der Waals surface area contributed by atoms with Crippen LogP contribution in [0.3, 0.4) is 0 Å². The minimum Gasteiger partial charge on any atom is -0.361 e. The second-order valence-electron chi connectivity index (χ2n) is 16.1. The van der Waals surface area contributed by atoms with Gasteiger partial charge in [0.15, 0.2) is 5.65 Å². The van der Waals surface area contributed by atoms with E-state index in [9.17, 15) is 0 Å².